The van der Waals surface area contributed by atoms with Gasteiger partial charge in [-0.1, -0.05) is 5.16 Å². The third kappa shape index (κ3) is 1.58. The summed E-state index contributed by atoms with van der Waals surface area (Å²) in [5, 5.41) is 3.90. The molecule has 4 heteroatoms. The van der Waals surface area contributed by atoms with Crippen LogP contribution in [0.4, 0.5) is 5.82 Å². The number of aromatic nitrogens is 1. The van der Waals surface area contributed by atoms with Crippen molar-refractivity contribution in [2.45, 2.75) is 13.8 Å². The molecule has 1 heterocycles. The van der Waals surface area contributed by atoms with Crippen LogP contribution in [-0.4, -0.2) is 26.0 Å². The van der Waals surface area contributed by atoms with Gasteiger partial charge < -0.3 is 14.2 Å². The Labute approximate surface area is 72.1 Å². The van der Waals surface area contributed by atoms with Crippen LogP contribution in [0.1, 0.15) is 11.3 Å². The van der Waals surface area contributed by atoms with Gasteiger partial charge in [0.25, 0.3) is 0 Å². The van der Waals surface area contributed by atoms with Gasteiger partial charge in [0.05, 0.1) is 0 Å². The number of aryl methyl sites for hydroxylation is 1. The molecule has 0 fully saturated rings. The van der Waals surface area contributed by atoms with Crippen LogP contribution in [0.25, 0.3) is 0 Å². The first-order valence-electron chi connectivity index (χ1n) is 3.79. The molecule has 1 aromatic heterocycles. The SMILES string of the molecule is COCN(C)c1noc(C)c1C. The van der Waals surface area contributed by atoms with Crippen molar-refractivity contribution in [3.05, 3.63) is 11.3 Å². The van der Waals surface area contributed by atoms with Crippen LogP contribution < -0.4 is 4.90 Å². The van der Waals surface area contributed by atoms with Gasteiger partial charge in [-0.3, -0.25) is 0 Å². The number of methoxy groups -OCH3 is 1. The number of rotatable bonds is 3. The number of hydrogen-bond acceptors (Lipinski definition) is 4. The molecule has 0 saturated heterocycles. The molecule has 0 saturated carbocycles. The molecule has 0 spiro atoms. The van der Waals surface area contributed by atoms with Crippen molar-refractivity contribution in [3.8, 4) is 0 Å². The average Bonchev–Trinajstić information content (AvgIpc) is 2.34. The summed E-state index contributed by atoms with van der Waals surface area (Å²) in [6, 6.07) is 0. The van der Waals surface area contributed by atoms with Gasteiger partial charge >= 0.3 is 0 Å². The molecule has 0 amide bonds. The summed E-state index contributed by atoms with van der Waals surface area (Å²) in [7, 11) is 3.56. The number of anilines is 1. The summed E-state index contributed by atoms with van der Waals surface area (Å²) in [4.78, 5) is 1.89. The molecule has 0 atom stereocenters. The minimum Gasteiger partial charge on any atom is -0.364 e. The van der Waals surface area contributed by atoms with E-state index in [4.69, 9.17) is 9.26 Å². The van der Waals surface area contributed by atoms with Crippen molar-refractivity contribution in [2.75, 3.05) is 25.8 Å². The van der Waals surface area contributed by atoms with Gasteiger partial charge in [0, 0.05) is 19.7 Å². The second kappa shape index (κ2) is 3.58. The Hall–Kier alpha value is -1.03. The normalized spacial score (nSPS) is 10.3. The Balaban J connectivity index is 2.80. The molecule has 0 aliphatic heterocycles. The first-order valence-corrected chi connectivity index (χ1v) is 3.79. The molecule has 0 unspecified atom stereocenters. The van der Waals surface area contributed by atoms with Crippen LogP contribution in [0, 0.1) is 13.8 Å². The van der Waals surface area contributed by atoms with E-state index in [0.717, 1.165) is 17.1 Å². The summed E-state index contributed by atoms with van der Waals surface area (Å²) >= 11 is 0. The maximum absolute atomic E-state index is 5.02. The summed E-state index contributed by atoms with van der Waals surface area (Å²) < 4.78 is 9.98. The lowest BCUT2D eigenvalue weighted by Gasteiger charge is -2.14. The zero-order valence-electron chi connectivity index (χ0n) is 7.92. The minimum atomic E-state index is 0.521. The number of ether oxygens (including phenoxy) is 1. The van der Waals surface area contributed by atoms with Crippen molar-refractivity contribution < 1.29 is 9.26 Å². The molecule has 0 aromatic carbocycles. The van der Waals surface area contributed by atoms with Crippen molar-refractivity contribution in [1.82, 2.24) is 5.16 Å². The van der Waals surface area contributed by atoms with Gasteiger partial charge in [-0.2, -0.15) is 0 Å². The first kappa shape index (κ1) is 9.06. The Morgan fingerprint density at radius 2 is 2.17 bits per heavy atom. The summed E-state index contributed by atoms with van der Waals surface area (Å²) in [6.45, 7) is 4.40. The van der Waals surface area contributed by atoms with Crippen LogP contribution in [0.15, 0.2) is 4.52 Å². The van der Waals surface area contributed by atoms with Gasteiger partial charge in [-0.25, -0.2) is 0 Å². The van der Waals surface area contributed by atoms with E-state index in [0.29, 0.717) is 6.73 Å². The quantitative estimate of drug-likeness (QED) is 0.641. The van der Waals surface area contributed by atoms with E-state index in [1.807, 2.05) is 25.8 Å². The van der Waals surface area contributed by atoms with Gasteiger partial charge in [0.1, 0.15) is 12.5 Å². The third-order valence-corrected chi connectivity index (χ3v) is 1.82. The predicted molar refractivity (Wildman–Crippen MR) is 46.3 cm³/mol. The van der Waals surface area contributed by atoms with Gasteiger partial charge in [0.2, 0.25) is 0 Å². The molecular weight excluding hydrogens is 156 g/mol. The largest absolute Gasteiger partial charge is 0.364 e. The highest BCUT2D eigenvalue weighted by Gasteiger charge is 2.11. The van der Waals surface area contributed by atoms with E-state index in [9.17, 15) is 0 Å². The van der Waals surface area contributed by atoms with Gasteiger partial charge in [0.15, 0.2) is 5.82 Å². The van der Waals surface area contributed by atoms with Gasteiger partial charge in [-0.05, 0) is 13.8 Å². The van der Waals surface area contributed by atoms with Crippen LogP contribution in [0.5, 0.6) is 0 Å². The minimum absolute atomic E-state index is 0.521. The smallest absolute Gasteiger partial charge is 0.176 e. The molecule has 12 heavy (non-hydrogen) atoms. The monoisotopic (exact) mass is 170 g/mol. The molecular formula is C8H14N2O2. The Morgan fingerprint density at radius 3 is 2.58 bits per heavy atom. The first-order chi connectivity index (χ1) is 5.66. The van der Waals surface area contributed by atoms with E-state index in [1.165, 1.54) is 0 Å². The highest BCUT2D eigenvalue weighted by atomic mass is 16.5. The zero-order valence-corrected chi connectivity index (χ0v) is 7.92. The van der Waals surface area contributed by atoms with E-state index < -0.39 is 0 Å². The standard InChI is InChI=1S/C8H14N2O2/c1-6-7(2)12-9-8(6)10(3)5-11-4/h5H2,1-4H3. The second-order valence-electron chi connectivity index (χ2n) is 2.80. The molecule has 1 aromatic rings. The molecule has 0 N–H and O–H groups in total. The fourth-order valence-corrected chi connectivity index (χ4v) is 1.02. The molecule has 4 nitrogen and oxygen atoms in total. The summed E-state index contributed by atoms with van der Waals surface area (Å²) in [5.41, 5.74) is 1.06. The number of hydrogen-bond donors (Lipinski definition) is 0. The maximum atomic E-state index is 5.02. The highest BCUT2D eigenvalue weighted by molar-refractivity contribution is 5.45. The van der Waals surface area contributed by atoms with E-state index in [1.54, 1.807) is 7.11 Å². The Morgan fingerprint density at radius 1 is 1.50 bits per heavy atom. The lowest BCUT2D eigenvalue weighted by Crippen LogP contribution is -2.20. The van der Waals surface area contributed by atoms with Crippen LogP contribution in [0.2, 0.25) is 0 Å². The van der Waals surface area contributed by atoms with Crippen molar-refractivity contribution in [1.29, 1.82) is 0 Å². The van der Waals surface area contributed by atoms with Crippen molar-refractivity contribution in [3.63, 3.8) is 0 Å². The Kier molecular flexibility index (Phi) is 2.70. The fourth-order valence-electron chi connectivity index (χ4n) is 1.02. The third-order valence-electron chi connectivity index (χ3n) is 1.82. The van der Waals surface area contributed by atoms with Crippen LogP contribution in [-0.2, 0) is 4.74 Å². The lowest BCUT2D eigenvalue weighted by molar-refractivity contribution is 0.200. The van der Waals surface area contributed by atoms with Gasteiger partial charge in [-0.15, -0.1) is 0 Å². The topological polar surface area (TPSA) is 38.5 Å². The molecule has 0 aliphatic carbocycles. The van der Waals surface area contributed by atoms with Crippen LogP contribution in [0.3, 0.4) is 0 Å². The molecule has 1 rings (SSSR count). The molecule has 0 aliphatic rings. The van der Waals surface area contributed by atoms with E-state index in [2.05, 4.69) is 5.16 Å². The molecule has 68 valence electrons. The lowest BCUT2D eigenvalue weighted by atomic mass is 10.3. The van der Waals surface area contributed by atoms with Crippen LogP contribution >= 0.6 is 0 Å². The summed E-state index contributed by atoms with van der Waals surface area (Å²) in [6.07, 6.45) is 0. The highest BCUT2D eigenvalue weighted by Crippen LogP contribution is 2.19. The molecule has 0 radical (unpaired) electrons. The van der Waals surface area contributed by atoms with Crippen molar-refractivity contribution in [2.24, 2.45) is 0 Å². The second-order valence-corrected chi connectivity index (χ2v) is 2.80. The average molecular weight is 170 g/mol. The fraction of sp³-hybridized carbons (Fsp3) is 0.625. The number of nitrogens with zero attached hydrogens (tertiary/aromatic N) is 2. The Bertz CT molecular complexity index is 258. The molecule has 0 bridgehead atoms. The van der Waals surface area contributed by atoms with Crippen molar-refractivity contribution >= 4 is 5.82 Å². The van der Waals surface area contributed by atoms with E-state index >= 15 is 0 Å². The van der Waals surface area contributed by atoms with E-state index in [-0.39, 0.29) is 0 Å². The zero-order chi connectivity index (χ0) is 9.14. The summed E-state index contributed by atoms with van der Waals surface area (Å²) in [5.74, 6) is 1.70. The predicted octanol–water partition coefficient (Wildman–Crippen LogP) is 1.33. The maximum Gasteiger partial charge on any atom is 0.176 e.